The molecule has 0 spiro atoms. The van der Waals surface area contributed by atoms with Gasteiger partial charge in [-0.25, -0.2) is 4.68 Å². The van der Waals surface area contributed by atoms with Crippen molar-refractivity contribution in [3.8, 4) is 0 Å². The third kappa shape index (κ3) is 3.57. The Morgan fingerprint density at radius 3 is 2.67 bits per heavy atom. The molecule has 0 aliphatic carbocycles. The molecule has 0 aliphatic rings. The summed E-state index contributed by atoms with van der Waals surface area (Å²) in [6.07, 6.45) is 0.728. The Hall–Kier alpha value is -0.430. The molecule has 0 atom stereocenters. The summed E-state index contributed by atoms with van der Waals surface area (Å²) in [5.41, 5.74) is 1.89. The van der Waals surface area contributed by atoms with Gasteiger partial charge in [0.05, 0.1) is 11.4 Å². The first-order valence-corrected chi connectivity index (χ1v) is 6.68. The second kappa shape index (κ2) is 6.22. The fourth-order valence-corrected chi connectivity index (χ4v) is 2.23. The lowest BCUT2D eigenvalue weighted by Gasteiger charge is -2.03. The van der Waals surface area contributed by atoms with E-state index in [0.29, 0.717) is 23.6 Å². The van der Waals surface area contributed by atoms with Gasteiger partial charge in [-0.15, -0.1) is 5.10 Å². The molecule has 0 bridgehead atoms. The van der Waals surface area contributed by atoms with E-state index in [4.69, 9.17) is 5.11 Å². The van der Waals surface area contributed by atoms with Crippen molar-refractivity contribution in [1.82, 2.24) is 15.0 Å². The number of carboxylic acid groups (broad SMARTS) is 1. The number of hydrogen-bond acceptors (Lipinski definition) is 3. The zero-order valence-corrected chi connectivity index (χ0v) is 11.2. The van der Waals surface area contributed by atoms with E-state index in [0.717, 1.165) is 11.4 Å². The monoisotopic (exact) mass is 339 g/mol. The van der Waals surface area contributed by atoms with E-state index >= 15 is 0 Å². The predicted molar refractivity (Wildman–Crippen MR) is 62.2 cm³/mol. The largest absolute Gasteiger partial charge is 0.481 e. The zero-order valence-electron chi connectivity index (χ0n) is 7.99. The molecule has 7 heteroatoms. The molecule has 0 amide bonds. The number of halogens is 2. The fraction of sp³-hybridized carbons (Fsp3) is 0.625. The van der Waals surface area contributed by atoms with E-state index < -0.39 is 5.97 Å². The molecule has 0 aromatic carbocycles. The Labute approximate surface area is 104 Å². The molecule has 0 fully saturated rings. The first-order valence-electron chi connectivity index (χ1n) is 4.44. The highest BCUT2D eigenvalue weighted by Crippen LogP contribution is 2.13. The maximum absolute atomic E-state index is 10.3. The molecule has 0 saturated heterocycles. The maximum Gasteiger partial charge on any atom is 0.303 e. The summed E-state index contributed by atoms with van der Waals surface area (Å²) in [7, 11) is 0. The fourth-order valence-electron chi connectivity index (χ4n) is 1.18. The minimum absolute atomic E-state index is 0.158. The van der Waals surface area contributed by atoms with Crippen molar-refractivity contribution in [3.63, 3.8) is 0 Å². The molecule has 0 saturated carbocycles. The Kier molecular flexibility index (Phi) is 5.24. The second-order valence-corrected chi connectivity index (χ2v) is 4.09. The van der Waals surface area contributed by atoms with Crippen LogP contribution in [0.25, 0.3) is 0 Å². The number of carboxylic acids is 1. The molecule has 0 unspecified atom stereocenters. The minimum atomic E-state index is -0.781. The molecular weight excluding hydrogens is 330 g/mol. The predicted octanol–water partition coefficient (Wildman–Crippen LogP) is 1.93. The molecule has 84 valence electrons. The lowest BCUT2D eigenvalue weighted by atomic mass is 10.3. The number of hydrogen-bond donors (Lipinski definition) is 1. The van der Waals surface area contributed by atoms with Gasteiger partial charge in [-0.3, -0.25) is 4.79 Å². The Morgan fingerprint density at radius 2 is 2.13 bits per heavy atom. The van der Waals surface area contributed by atoms with Crippen LogP contribution in [0, 0.1) is 0 Å². The minimum Gasteiger partial charge on any atom is -0.481 e. The van der Waals surface area contributed by atoms with Gasteiger partial charge in [0.15, 0.2) is 0 Å². The van der Waals surface area contributed by atoms with Crippen LogP contribution in [0.15, 0.2) is 0 Å². The van der Waals surface area contributed by atoms with Crippen LogP contribution in [0.5, 0.6) is 0 Å². The van der Waals surface area contributed by atoms with E-state index in [2.05, 4.69) is 42.2 Å². The smallest absolute Gasteiger partial charge is 0.303 e. The van der Waals surface area contributed by atoms with Gasteiger partial charge < -0.3 is 5.11 Å². The van der Waals surface area contributed by atoms with Gasteiger partial charge in [0.2, 0.25) is 0 Å². The number of aromatic nitrogens is 3. The average Bonchev–Trinajstić information content (AvgIpc) is 2.59. The van der Waals surface area contributed by atoms with Crippen LogP contribution in [-0.2, 0) is 22.0 Å². The Morgan fingerprint density at radius 1 is 1.40 bits per heavy atom. The van der Waals surface area contributed by atoms with Gasteiger partial charge in [-0.05, 0) is 6.42 Å². The van der Waals surface area contributed by atoms with Crippen molar-refractivity contribution >= 4 is 37.8 Å². The standard InChI is InChI=1S/C8H11Br2N3O2/c9-4-6-7(5-10)13(12-11-6)3-1-2-8(14)15/h1-5H2,(H,14,15). The topological polar surface area (TPSA) is 68.0 Å². The van der Waals surface area contributed by atoms with Crippen LogP contribution in [0.3, 0.4) is 0 Å². The summed E-state index contributed by atoms with van der Waals surface area (Å²) >= 11 is 6.69. The van der Waals surface area contributed by atoms with Gasteiger partial charge in [0.25, 0.3) is 0 Å². The van der Waals surface area contributed by atoms with Crippen LogP contribution in [0.4, 0.5) is 0 Å². The van der Waals surface area contributed by atoms with E-state index in [-0.39, 0.29) is 6.42 Å². The molecule has 1 N–H and O–H groups in total. The van der Waals surface area contributed by atoms with E-state index in [9.17, 15) is 4.79 Å². The lowest BCUT2D eigenvalue weighted by Crippen LogP contribution is -2.06. The number of aryl methyl sites for hydroxylation is 1. The number of aliphatic carboxylic acids is 1. The summed E-state index contributed by atoms with van der Waals surface area (Å²) in [6.45, 7) is 0.591. The molecule has 15 heavy (non-hydrogen) atoms. The molecule has 1 heterocycles. The summed E-state index contributed by atoms with van der Waals surface area (Å²) in [5, 5.41) is 17.8. The number of nitrogens with zero attached hydrogens (tertiary/aromatic N) is 3. The van der Waals surface area contributed by atoms with Crippen molar-refractivity contribution in [1.29, 1.82) is 0 Å². The van der Waals surface area contributed by atoms with Crippen LogP contribution in [0.1, 0.15) is 24.2 Å². The number of alkyl halides is 2. The van der Waals surface area contributed by atoms with Gasteiger partial charge in [0.1, 0.15) is 0 Å². The SMILES string of the molecule is O=C(O)CCCn1nnc(CBr)c1CBr. The first kappa shape index (κ1) is 12.6. The van der Waals surface area contributed by atoms with Crippen LogP contribution >= 0.6 is 31.9 Å². The number of carbonyl (C=O) groups is 1. The molecular formula is C8H11Br2N3O2. The summed E-state index contributed by atoms with van der Waals surface area (Å²) < 4.78 is 1.74. The van der Waals surface area contributed by atoms with E-state index in [1.165, 1.54) is 0 Å². The first-order chi connectivity index (χ1) is 7.19. The normalized spacial score (nSPS) is 10.5. The second-order valence-electron chi connectivity index (χ2n) is 2.97. The number of rotatable bonds is 6. The molecule has 1 aromatic rings. The average molecular weight is 341 g/mol. The van der Waals surface area contributed by atoms with Crippen LogP contribution in [0.2, 0.25) is 0 Å². The summed E-state index contributed by atoms with van der Waals surface area (Å²) in [5.74, 6) is -0.781. The van der Waals surface area contributed by atoms with Crippen molar-refractivity contribution in [3.05, 3.63) is 11.4 Å². The van der Waals surface area contributed by atoms with Crippen molar-refractivity contribution in [2.75, 3.05) is 0 Å². The molecule has 0 radical (unpaired) electrons. The van der Waals surface area contributed by atoms with Gasteiger partial charge in [-0.2, -0.15) is 0 Å². The molecule has 5 nitrogen and oxygen atoms in total. The van der Waals surface area contributed by atoms with Crippen LogP contribution in [-0.4, -0.2) is 26.1 Å². The zero-order chi connectivity index (χ0) is 11.3. The summed E-state index contributed by atoms with van der Waals surface area (Å²) in [6, 6.07) is 0. The van der Waals surface area contributed by atoms with Crippen molar-refractivity contribution in [2.45, 2.75) is 30.0 Å². The third-order valence-corrected chi connectivity index (χ3v) is 2.99. The van der Waals surface area contributed by atoms with Crippen molar-refractivity contribution in [2.24, 2.45) is 0 Å². The van der Waals surface area contributed by atoms with Gasteiger partial charge in [0, 0.05) is 23.6 Å². The molecule has 1 aromatic heterocycles. The maximum atomic E-state index is 10.3. The highest BCUT2D eigenvalue weighted by Gasteiger charge is 2.10. The van der Waals surface area contributed by atoms with E-state index in [1.54, 1.807) is 4.68 Å². The third-order valence-electron chi connectivity index (χ3n) is 1.93. The van der Waals surface area contributed by atoms with Gasteiger partial charge in [-0.1, -0.05) is 37.1 Å². The van der Waals surface area contributed by atoms with E-state index in [1.807, 2.05) is 0 Å². The Bertz CT molecular complexity index is 341. The summed E-state index contributed by atoms with van der Waals surface area (Å²) in [4.78, 5) is 10.3. The quantitative estimate of drug-likeness (QED) is 0.803. The highest BCUT2D eigenvalue weighted by molar-refractivity contribution is 9.09. The highest BCUT2D eigenvalue weighted by atomic mass is 79.9. The molecule has 0 aliphatic heterocycles. The van der Waals surface area contributed by atoms with Gasteiger partial charge >= 0.3 is 5.97 Å². The van der Waals surface area contributed by atoms with Crippen molar-refractivity contribution < 1.29 is 9.90 Å². The Balaban J connectivity index is 2.60. The van der Waals surface area contributed by atoms with Crippen LogP contribution < -0.4 is 0 Å². The lowest BCUT2D eigenvalue weighted by molar-refractivity contribution is -0.137. The molecule has 1 rings (SSSR count).